The van der Waals surface area contributed by atoms with Gasteiger partial charge in [0.25, 0.3) is 0 Å². The second kappa shape index (κ2) is 6.53. The van der Waals surface area contributed by atoms with Gasteiger partial charge in [0.1, 0.15) is 0 Å². The number of aliphatic hydroxyl groups is 1. The Morgan fingerprint density at radius 2 is 2.06 bits per heavy atom. The molecule has 0 aromatic carbocycles. The average molecular weight is 256 g/mol. The molecule has 4 heteroatoms. The number of hydrogen-bond donors (Lipinski definition) is 2. The van der Waals surface area contributed by atoms with Crippen molar-refractivity contribution in [2.24, 2.45) is 11.3 Å². The molecule has 0 radical (unpaired) electrons. The molecule has 0 aliphatic carbocycles. The molecular formula is C14H28N2O2. The molecule has 18 heavy (non-hydrogen) atoms. The van der Waals surface area contributed by atoms with Gasteiger partial charge in [-0.3, -0.25) is 4.79 Å². The van der Waals surface area contributed by atoms with Crippen LogP contribution in [0, 0.1) is 11.3 Å². The van der Waals surface area contributed by atoms with E-state index in [-0.39, 0.29) is 24.0 Å². The first-order chi connectivity index (χ1) is 8.32. The van der Waals surface area contributed by atoms with Gasteiger partial charge in [-0.05, 0) is 32.2 Å². The molecule has 0 saturated carbocycles. The summed E-state index contributed by atoms with van der Waals surface area (Å²) in [6.07, 6.45) is 2.94. The number of carbonyl (C=O) groups excluding carboxylic acids is 1. The summed E-state index contributed by atoms with van der Waals surface area (Å²) < 4.78 is 0. The van der Waals surface area contributed by atoms with Crippen molar-refractivity contribution < 1.29 is 9.90 Å². The van der Waals surface area contributed by atoms with Gasteiger partial charge < -0.3 is 15.3 Å². The van der Waals surface area contributed by atoms with Crippen molar-refractivity contribution in [3.63, 3.8) is 0 Å². The third-order valence-corrected chi connectivity index (χ3v) is 3.51. The van der Waals surface area contributed by atoms with Crippen molar-refractivity contribution in [2.45, 2.75) is 46.1 Å². The standard InChI is InChI=1S/C14H28N2O2/c1-14(2,3)13(18)15-12-8-11(6-5-7-17)9-16(4)10-12/h11-12,17H,5-10H2,1-4H3,(H,15,18). The number of amides is 1. The molecule has 1 aliphatic rings. The van der Waals surface area contributed by atoms with E-state index in [1.54, 1.807) is 0 Å². The summed E-state index contributed by atoms with van der Waals surface area (Å²) in [6.45, 7) is 8.09. The molecular weight excluding hydrogens is 228 g/mol. The molecule has 1 aliphatic heterocycles. The Bertz CT molecular complexity index is 273. The number of nitrogens with zero attached hydrogens (tertiary/aromatic N) is 1. The van der Waals surface area contributed by atoms with Crippen molar-refractivity contribution >= 4 is 5.91 Å². The summed E-state index contributed by atoms with van der Waals surface area (Å²) >= 11 is 0. The highest BCUT2D eigenvalue weighted by Crippen LogP contribution is 2.22. The van der Waals surface area contributed by atoms with Gasteiger partial charge in [-0.2, -0.15) is 0 Å². The van der Waals surface area contributed by atoms with E-state index in [0.717, 1.165) is 32.4 Å². The van der Waals surface area contributed by atoms with Gasteiger partial charge in [-0.15, -0.1) is 0 Å². The van der Waals surface area contributed by atoms with Crippen molar-refractivity contribution in [1.29, 1.82) is 0 Å². The minimum Gasteiger partial charge on any atom is -0.396 e. The fourth-order valence-corrected chi connectivity index (χ4v) is 2.54. The first-order valence-electron chi connectivity index (χ1n) is 6.93. The summed E-state index contributed by atoms with van der Waals surface area (Å²) in [7, 11) is 2.10. The van der Waals surface area contributed by atoms with Crippen molar-refractivity contribution in [3.05, 3.63) is 0 Å². The Kier molecular flexibility index (Phi) is 5.60. The maximum atomic E-state index is 12.0. The second-order valence-electron chi connectivity index (χ2n) is 6.61. The summed E-state index contributed by atoms with van der Waals surface area (Å²) in [4.78, 5) is 14.3. The quantitative estimate of drug-likeness (QED) is 0.796. The minimum atomic E-state index is -0.323. The maximum absolute atomic E-state index is 12.0. The smallest absolute Gasteiger partial charge is 0.225 e. The molecule has 1 rings (SSSR count). The van der Waals surface area contributed by atoms with Crippen molar-refractivity contribution in [3.8, 4) is 0 Å². The number of rotatable bonds is 4. The largest absolute Gasteiger partial charge is 0.396 e. The van der Waals surface area contributed by atoms with Crippen LogP contribution in [0.1, 0.15) is 40.0 Å². The number of hydrogen-bond acceptors (Lipinski definition) is 3. The number of carbonyl (C=O) groups is 1. The molecule has 1 saturated heterocycles. The molecule has 2 atom stereocenters. The summed E-state index contributed by atoms with van der Waals surface area (Å²) in [6, 6.07) is 0.249. The Labute approximate surface area is 111 Å². The van der Waals surface area contributed by atoms with Crippen LogP contribution in [0.2, 0.25) is 0 Å². The van der Waals surface area contributed by atoms with Crippen LogP contribution in [0.4, 0.5) is 0 Å². The van der Waals surface area contributed by atoms with Crippen LogP contribution in [-0.4, -0.2) is 48.7 Å². The third-order valence-electron chi connectivity index (χ3n) is 3.51. The Balaban J connectivity index is 2.48. The highest BCUT2D eigenvalue weighted by molar-refractivity contribution is 5.81. The number of likely N-dealkylation sites (tertiary alicyclic amines) is 1. The molecule has 2 unspecified atom stereocenters. The van der Waals surface area contributed by atoms with E-state index in [1.165, 1.54) is 0 Å². The first kappa shape index (κ1) is 15.4. The van der Waals surface area contributed by atoms with Gasteiger partial charge in [0.15, 0.2) is 0 Å². The number of likely N-dealkylation sites (N-methyl/N-ethyl adjacent to an activating group) is 1. The van der Waals surface area contributed by atoms with Gasteiger partial charge in [0.2, 0.25) is 5.91 Å². The maximum Gasteiger partial charge on any atom is 0.225 e. The van der Waals surface area contributed by atoms with E-state index < -0.39 is 0 Å². The summed E-state index contributed by atoms with van der Waals surface area (Å²) in [5.41, 5.74) is -0.323. The lowest BCUT2D eigenvalue weighted by atomic mass is 9.89. The highest BCUT2D eigenvalue weighted by Gasteiger charge is 2.29. The van der Waals surface area contributed by atoms with Gasteiger partial charge in [-0.25, -0.2) is 0 Å². The average Bonchev–Trinajstić information content (AvgIpc) is 2.24. The molecule has 1 heterocycles. The Hall–Kier alpha value is -0.610. The van der Waals surface area contributed by atoms with Crippen LogP contribution in [0.25, 0.3) is 0 Å². The zero-order valence-electron chi connectivity index (χ0n) is 12.2. The van der Waals surface area contributed by atoms with Gasteiger partial charge in [0, 0.05) is 31.2 Å². The number of aliphatic hydroxyl groups excluding tert-OH is 1. The van der Waals surface area contributed by atoms with Gasteiger partial charge in [0.05, 0.1) is 0 Å². The van der Waals surface area contributed by atoms with Crippen LogP contribution in [0.5, 0.6) is 0 Å². The fourth-order valence-electron chi connectivity index (χ4n) is 2.54. The van der Waals surface area contributed by atoms with Gasteiger partial charge >= 0.3 is 0 Å². The van der Waals surface area contributed by atoms with Gasteiger partial charge in [-0.1, -0.05) is 20.8 Å². The zero-order valence-corrected chi connectivity index (χ0v) is 12.2. The lowest BCUT2D eigenvalue weighted by Gasteiger charge is -2.37. The normalized spacial score (nSPS) is 26.1. The molecule has 0 aromatic heterocycles. The van der Waals surface area contributed by atoms with Crippen LogP contribution in [-0.2, 0) is 4.79 Å². The minimum absolute atomic E-state index is 0.128. The highest BCUT2D eigenvalue weighted by atomic mass is 16.2. The second-order valence-corrected chi connectivity index (χ2v) is 6.61. The fraction of sp³-hybridized carbons (Fsp3) is 0.929. The predicted octanol–water partition coefficient (Wildman–Crippen LogP) is 1.24. The summed E-state index contributed by atoms with van der Waals surface area (Å²) in [5, 5.41) is 12.0. The molecule has 0 spiro atoms. The van der Waals surface area contributed by atoms with E-state index in [1.807, 2.05) is 20.8 Å². The first-order valence-corrected chi connectivity index (χ1v) is 6.93. The molecule has 2 N–H and O–H groups in total. The van der Waals surface area contributed by atoms with E-state index >= 15 is 0 Å². The molecule has 1 amide bonds. The molecule has 1 fully saturated rings. The number of nitrogens with one attached hydrogen (secondary N) is 1. The van der Waals surface area contributed by atoms with E-state index in [0.29, 0.717) is 5.92 Å². The van der Waals surface area contributed by atoms with E-state index in [2.05, 4.69) is 17.3 Å². The van der Waals surface area contributed by atoms with Crippen molar-refractivity contribution in [2.75, 3.05) is 26.7 Å². The monoisotopic (exact) mass is 256 g/mol. The lowest BCUT2D eigenvalue weighted by Crippen LogP contribution is -2.51. The third kappa shape index (κ3) is 4.94. The molecule has 106 valence electrons. The van der Waals surface area contributed by atoms with Crippen molar-refractivity contribution in [1.82, 2.24) is 10.2 Å². The molecule has 0 aromatic rings. The van der Waals surface area contributed by atoms with Crippen LogP contribution in [0.3, 0.4) is 0 Å². The number of piperidine rings is 1. The molecule has 4 nitrogen and oxygen atoms in total. The van der Waals surface area contributed by atoms with E-state index in [9.17, 15) is 4.79 Å². The SMILES string of the molecule is CN1CC(CCCO)CC(NC(=O)C(C)(C)C)C1. The van der Waals surface area contributed by atoms with Crippen LogP contribution < -0.4 is 5.32 Å². The summed E-state index contributed by atoms with van der Waals surface area (Å²) in [5.74, 6) is 0.713. The van der Waals surface area contributed by atoms with Crippen LogP contribution >= 0.6 is 0 Å². The van der Waals surface area contributed by atoms with E-state index in [4.69, 9.17) is 5.11 Å². The topological polar surface area (TPSA) is 52.6 Å². The predicted molar refractivity (Wildman–Crippen MR) is 73.3 cm³/mol. The lowest BCUT2D eigenvalue weighted by molar-refractivity contribution is -0.129. The Morgan fingerprint density at radius 1 is 1.39 bits per heavy atom. The van der Waals surface area contributed by atoms with Crippen LogP contribution in [0.15, 0.2) is 0 Å². The molecule has 0 bridgehead atoms. The Morgan fingerprint density at radius 3 is 2.61 bits per heavy atom. The zero-order chi connectivity index (χ0) is 13.8.